The first-order valence-corrected chi connectivity index (χ1v) is 8.57. The maximum atomic E-state index is 6.13. The van der Waals surface area contributed by atoms with Gasteiger partial charge in [0, 0.05) is 5.03 Å². The predicted octanol–water partition coefficient (Wildman–Crippen LogP) is 6.16. The first kappa shape index (κ1) is 20.9. The third kappa shape index (κ3) is 9.81. The monoisotopic (exact) mass is 321 g/mol. The summed E-state index contributed by atoms with van der Waals surface area (Å²) < 4.78 is 0. The molecule has 0 saturated heterocycles. The Morgan fingerprint density at radius 3 is 2.59 bits per heavy atom. The third-order valence-electron chi connectivity index (χ3n) is 3.79. The first-order valence-electron chi connectivity index (χ1n) is 8.20. The van der Waals surface area contributed by atoms with Crippen LogP contribution in [0.2, 0.25) is 0 Å². The highest BCUT2D eigenvalue weighted by atomic mass is 35.5. The van der Waals surface area contributed by atoms with E-state index in [1.807, 2.05) is 31.4 Å². The highest BCUT2D eigenvalue weighted by Gasteiger charge is 2.10. The molecule has 0 aliphatic carbocycles. The largest absolute Gasteiger partial charge is 0.320 e. The summed E-state index contributed by atoms with van der Waals surface area (Å²) in [5.74, 6) is 0.560. The minimum Gasteiger partial charge on any atom is -0.320 e. The van der Waals surface area contributed by atoms with Crippen LogP contribution >= 0.6 is 11.6 Å². The lowest BCUT2D eigenvalue weighted by Crippen LogP contribution is -2.11. The number of rotatable bonds is 11. The number of halogens is 1. The van der Waals surface area contributed by atoms with Crippen molar-refractivity contribution in [1.29, 1.82) is 0 Å². The highest BCUT2D eigenvalue weighted by molar-refractivity contribution is 6.31. The molecule has 0 radical (unpaired) electrons. The quantitative estimate of drug-likeness (QED) is 0.355. The van der Waals surface area contributed by atoms with Gasteiger partial charge < -0.3 is 5.32 Å². The maximum absolute atomic E-state index is 6.13. The van der Waals surface area contributed by atoms with Crippen molar-refractivity contribution in [2.75, 3.05) is 13.6 Å². The van der Waals surface area contributed by atoms with Crippen molar-refractivity contribution in [2.45, 2.75) is 46.5 Å². The number of nitrogens with one attached hydrogen (secondary N) is 1. The van der Waals surface area contributed by atoms with Crippen LogP contribution < -0.4 is 5.32 Å². The van der Waals surface area contributed by atoms with Gasteiger partial charge in [0.05, 0.1) is 0 Å². The molecule has 0 aromatic rings. The second-order valence-corrected chi connectivity index (χ2v) is 5.98. The molecule has 0 heterocycles. The van der Waals surface area contributed by atoms with E-state index >= 15 is 0 Å². The molecule has 1 atom stereocenters. The molecular formula is C20H32ClN. The Labute approximate surface area is 142 Å². The molecule has 2 heteroatoms. The summed E-state index contributed by atoms with van der Waals surface area (Å²) in [6.45, 7) is 11.3. The number of hydrogen-bond acceptors (Lipinski definition) is 1. The maximum Gasteiger partial charge on any atom is 0.0362 e. The van der Waals surface area contributed by atoms with Gasteiger partial charge in [0.25, 0.3) is 0 Å². The Morgan fingerprint density at radius 1 is 1.27 bits per heavy atom. The van der Waals surface area contributed by atoms with E-state index in [1.54, 1.807) is 0 Å². The van der Waals surface area contributed by atoms with E-state index in [-0.39, 0.29) is 0 Å². The van der Waals surface area contributed by atoms with E-state index in [9.17, 15) is 0 Å². The molecule has 1 N–H and O–H groups in total. The van der Waals surface area contributed by atoms with Gasteiger partial charge >= 0.3 is 0 Å². The van der Waals surface area contributed by atoms with Crippen molar-refractivity contribution in [1.82, 2.24) is 5.32 Å². The summed E-state index contributed by atoms with van der Waals surface area (Å²) in [5.41, 5.74) is 2.78. The van der Waals surface area contributed by atoms with Crippen LogP contribution in [0.1, 0.15) is 46.5 Å². The van der Waals surface area contributed by atoms with Crippen LogP contribution in [-0.2, 0) is 0 Å². The Bertz CT molecular complexity index is 427. The zero-order valence-corrected chi connectivity index (χ0v) is 15.4. The molecule has 0 aliphatic heterocycles. The molecule has 0 aromatic heterocycles. The van der Waals surface area contributed by atoms with Gasteiger partial charge in [-0.25, -0.2) is 0 Å². The SMILES string of the molecule is C=C/C=C\C(C)=C(/C)C(C/C=C\C(Cl)=C/CC)CCCNC. The number of hydrogen-bond donors (Lipinski definition) is 1. The van der Waals surface area contributed by atoms with Gasteiger partial charge in [-0.2, -0.15) is 0 Å². The van der Waals surface area contributed by atoms with Crippen molar-refractivity contribution in [2.24, 2.45) is 5.92 Å². The van der Waals surface area contributed by atoms with Crippen LogP contribution in [0, 0.1) is 5.92 Å². The van der Waals surface area contributed by atoms with Crippen LogP contribution in [0.4, 0.5) is 0 Å². The molecular weight excluding hydrogens is 290 g/mol. The standard InChI is InChI=1S/C20H32ClN/c1-6-8-12-17(3)18(4)19(14-10-16-22-5)13-9-15-20(21)11-7-2/h6,8-9,11-12,15,19,22H,1,7,10,13-14,16H2,2-5H3/b12-8-,15-9-,18-17+,20-11+. The third-order valence-corrected chi connectivity index (χ3v) is 4.07. The van der Waals surface area contributed by atoms with Crippen LogP contribution in [-0.4, -0.2) is 13.6 Å². The zero-order chi connectivity index (χ0) is 16.8. The van der Waals surface area contributed by atoms with Gasteiger partial charge in [-0.05, 0) is 65.1 Å². The van der Waals surface area contributed by atoms with Gasteiger partial charge in [-0.15, -0.1) is 0 Å². The van der Waals surface area contributed by atoms with Crippen LogP contribution in [0.3, 0.4) is 0 Å². The van der Waals surface area contributed by atoms with Crippen LogP contribution in [0.15, 0.2) is 59.2 Å². The lowest BCUT2D eigenvalue weighted by Gasteiger charge is -2.18. The molecule has 0 saturated carbocycles. The van der Waals surface area contributed by atoms with Gasteiger partial charge in [0.1, 0.15) is 0 Å². The summed E-state index contributed by atoms with van der Waals surface area (Å²) in [7, 11) is 2.00. The average molecular weight is 322 g/mol. The zero-order valence-electron chi connectivity index (χ0n) is 14.7. The van der Waals surface area contributed by atoms with Crippen molar-refractivity contribution < 1.29 is 0 Å². The topological polar surface area (TPSA) is 12.0 Å². The van der Waals surface area contributed by atoms with Gasteiger partial charge in [-0.1, -0.05) is 66.6 Å². The van der Waals surface area contributed by atoms with Crippen molar-refractivity contribution in [3.05, 3.63) is 59.2 Å². The van der Waals surface area contributed by atoms with Crippen molar-refractivity contribution >= 4 is 11.6 Å². The van der Waals surface area contributed by atoms with Gasteiger partial charge in [0.15, 0.2) is 0 Å². The normalized spacial score (nSPS) is 15.4. The molecule has 0 rings (SSSR count). The summed E-state index contributed by atoms with van der Waals surface area (Å²) in [4.78, 5) is 0. The summed E-state index contributed by atoms with van der Waals surface area (Å²) in [5, 5.41) is 4.06. The summed E-state index contributed by atoms with van der Waals surface area (Å²) >= 11 is 6.13. The van der Waals surface area contributed by atoms with E-state index in [0.29, 0.717) is 5.92 Å². The van der Waals surface area contributed by atoms with Crippen LogP contribution in [0.25, 0.3) is 0 Å². The molecule has 0 aliphatic rings. The molecule has 0 fully saturated rings. The number of allylic oxidation sites excluding steroid dienone is 9. The summed E-state index contributed by atoms with van der Waals surface area (Å²) in [6, 6.07) is 0. The fourth-order valence-corrected chi connectivity index (χ4v) is 2.55. The van der Waals surface area contributed by atoms with E-state index < -0.39 is 0 Å². The van der Waals surface area contributed by atoms with Gasteiger partial charge in [-0.3, -0.25) is 0 Å². The lowest BCUT2D eigenvalue weighted by atomic mass is 9.88. The molecule has 0 amide bonds. The second-order valence-electron chi connectivity index (χ2n) is 5.54. The smallest absolute Gasteiger partial charge is 0.0362 e. The van der Waals surface area contributed by atoms with Crippen LogP contribution in [0.5, 0.6) is 0 Å². The van der Waals surface area contributed by atoms with E-state index in [2.05, 4.69) is 44.8 Å². The fourth-order valence-electron chi connectivity index (χ4n) is 2.31. The minimum absolute atomic E-state index is 0.560. The Balaban J connectivity index is 4.91. The first-order chi connectivity index (χ1) is 10.6. The molecule has 0 spiro atoms. The molecule has 22 heavy (non-hydrogen) atoms. The molecule has 1 nitrogen and oxygen atoms in total. The molecule has 124 valence electrons. The Hall–Kier alpha value is -1.05. The summed E-state index contributed by atoms with van der Waals surface area (Å²) in [6.07, 6.45) is 16.6. The molecule has 0 aromatic carbocycles. The highest BCUT2D eigenvalue weighted by Crippen LogP contribution is 2.25. The predicted molar refractivity (Wildman–Crippen MR) is 102 cm³/mol. The molecule has 1 unspecified atom stereocenters. The molecule has 0 bridgehead atoms. The minimum atomic E-state index is 0.560. The van der Waals surface area contributed by atoms with E-state index in [4.69, 9.17) is 11.6 Å². The lowest BCUT2D eigenvalue weighted by molar-refractivity contribution is 0.527. The van der Waals surface area contributed by atoms with E-state index in [0.717, 1.165) is 24.4 Å². The van der Waals surface area contributed by atoms with Crippen molar-refractivity contribution in [3.63, 3.8) is 0 Å². The average Bonchev–Trinajstić information content (AvgIpc) is 2.50. The Kier molecular flexibility index (Phi) is 13.0. The van der Waals surface area contributed by atoms with E-state index in [1.165, 1.54) is 24.0 Å². The Morgan fingerprint density at radius 2 is 2.00 bits per heavy atom. The fraction of sp³-hybridized carbons (Fsp3) is 0.500. The second kappa shape index (κ2) is 13.6. The van der Waals surface area contributed by atoms with Crippen molar-refractivity contribution in [3.8, 4) is 0 Å². The van der Waals surface area contributed by atoms with Gasteiger partial charge in [0.2, 0.25) is 0 Å².